The summed E-state index contributed by atoms with van der Waals surface area (Å²) in [5, 5.41) is 4.12. The van der Waals surface area contributed by atoms with Crippen LogP contribution >= 0.6 is 0 Å². The van der Waals surface area contributed by atoms with Crippen LogP contribution in [0.2, 0.25) is 0 Å². The number of methoxy groups -OCH3 is 2. The topological polar surface area (TPSA) is 130 Å². The smallest absolute Gasteiger partial charge is 0.254 e. The second-order valence-corrected chi connectivity index (χ2v) is 13.4. The summed E-state index contributed by atoms with van der Waals surface area (Å²) >= 11 is 0. The standard InChI is InChI=1S/C35H44FN7O4/c1-20-27-9-8-22-18-29(42(32(22)39-27)11-6-4-5-7-21-15-24(21)34(44)38-20)33-40-28-17-23(16-25(36)31(28)43(33)13-14-46-2)35(45)41-12-10-30(47-3)26(37)19-41/h8-9,16-18,20-21,24,26,30H,4-7,10-15,19,37H2,1-3H3,(H,38,44)/t20-,21-,24-,26+,30-/m1/s1. The number of halogens is 1. The van der Waals surface area contributed by atoms with Gasteiger partial charge in [-0.25, -0.2) is 14.4 Å². The molecule has 0 spiro atoms. The van der Waals surface area contributed by atoms with Crippen LogP contribution in [0.4, 0.5) is 4.39 Å². The summed E-state index contributed by atoms with van der Waals surface area (Å²) in [5.74, 6) is 0.507. The molecule has 47 heavy (non-hydrogen) atoms. The van der Waals surface area contributed by atoms with Crippen LogP contribution in [-0.2, 0) is 27.4 Å². The number of rotatable bonds is 6. The van der Waals surface area contributed by atoms with E-state index in [0.29, 0.717) is 55.4 Å². The van der Waals surface area contributed by atoms with Crippen LogP contribution in [0.15, 0.2) is 30.3 Å². The fourth-order valence-electron chi connectivity index (χ4n) is 7.49. The summed E-state index contributed by atoms with van der Waals surface area (Å²) in [6.45, 7) is 4.25. The molecule has 11 nitrogen and oxygen atoms in total. The van der Waals surface area contributed by atoms with Gasteiger partial charge in [-0.15, -0.1) is 0 Å². The molecule has 5 heterocycles. The Hall–Kier alpha value is -3.87. The number of nitrogens with two attached hydrogens (primary N) is 1. The SMILES string of the molecule is COCCn1c(-c2cc3ccc4nc3n2CCCCC[C@@H]2C[C@H]2C(=O)N[C@@H]4C)nc2cc(C(=O)N3CC[C@@H](OC)[C@@H](N)C3)cc(F)c21. The molecule has 2 fully saturated rings. The quantitative estimate of drug-likeness (QED) is 0.318. The maximum absolute atomic E-state index is 16.1. The van der Waals surface area contributed by atoms with Crippen LogP contribution in [0.1, 0.15) is 67.5 Å². The zero-order valence-corrected chi connectivity index (χ0v) is 27.4. The number of nitrogens with one attached hydrogen (secondary N) is 1. The number of carbonyl (C=O) groups excluding carboxylic acids is 2. The molecule has 1 aromatic carbocycles. The molecule has 3 N–H and O–H groups in total. The molecule has 3 aromatic heterocycles. The molecule has 12 heteroatoms. The first-order chi connectivity index (χ1) is 22.8. The lowest BCUT2D eigenvalue weighted by molar-refractivity contribution is -0.123. The van der Waals surface area contributed by atoms with E-state index in [2.05, 4.69) is 16.0 Å². The number of ether oxygens (including phenoxy) is 2. The van der Waals surface area contributed by atoms with E-state index in [9.17, 15) is 9.59 Å². The highest BCUT2D eigenvalue weighted by atomic mass is 19.1. The van der Waals surface area contributed by atoms with Crippen molar-refractivity contribution in [3.8, 4) is 11.5 Å². The van der Waals surface area contributed by atoms with Crippen molar-refractivity contribution in [2.24, 2.45) is 17.6 Å². The normalized spacial score (nSPS) is 25.2. The second-order valence-electron chi connectivity index (χ2n) is 13.4. The third kappa shape index (κ3) is 6.02. The number of imidazole rings is 1. The molecule has 4 aromatic rings. The predicted octanol–water partition coefficient (Wildman–Crippen LogP) is 4.41. The Bertz CT molecular complexity index is 1820. The Labute approximate surface area is 273 Å². The lowest BCUT2D eigenvalue weighted by atomic mass is 10.0. The minimum atomic E-state index is -0.516. The van der Waals surface area contributed by atoms with E-state index >= 15 is 4.39 Å². The number of amides is 2. The minimum Gasteiger partial charge on any atom is -0.383 e. The highest BCUT2D eigenvalue weighted by Crippen LogP contribution is 2.43. The molecule has 2 bridgehead atoms. The Morgan fingerprint density at radius 2 is 1.96 bits per heavy atom. The zero-order valence-electron chi connectivity index (χ0n) is 27.4. The van der Waals surface area contributed by atoms with Gasteiger partial charge in [0.2, 0.25) is 5.91 Å². The third-order valence-corrected chi connectivity index (χ3v) is 10.3. The summed E-state index contributed by atoms with van der Waals surface area (Å²) in [4.78, 5) is 38.2. The van der Waals surface area contributed by atoms with Crippen molar-refractivity contribution < 1.29 is 23.5 Å². The number of carbonyl (C=O) groups is 2. The molecule has 0 unspecified atom stereocenters. The number of hydrogen-bond donors (Lipinski definition) is 2. The van der Waals surface area contributed by atoms with E-state index in [1.807, 2.05) is 23.6 Å². The Morgan fingerprint density at radius 1 is 1.11 bits per heavy atom. The van der Waals surface area contributed by atoms with Gasteiger partial charge in [0, 0.05) is 63.3 Å². The summed E-state index contributed by atoms with van der Waals surface area (Å²) in [7, 11) is 3.24. The molecular weight excluding hydrogens is 601 g/mol. The van der Waals surface area contributed by atoms with Gasteiger partial charge < -0.3 is 34.6 Å². The predicted molar refractivity (Wildman–Crippen MR) is 176 cm³/mol. The molecular formula is C35H44FN7O4. The number of pyridine rings is 1. The number of aryl methyl sites for hydroxylation is 1. The van der Waals surface area contributed by atoms with Crippen LogP contribution in [0.5, 0.6) is 0 Å². The number of likely N-dealkylation sites (tertiary alicyclic amines) is 1. The van der Waals surface area contributed by atoms with Crippen molar-refractivity contribution >= 4 is 33.9 Å². The monoisotopic (exact) mass is 645 g/mol. The molecule has 3 aliphatic rings. The molecule has 7 rings (SSSR count). The number of nitrogens with zero attached hydrogens (tertiary/aromatic N) is 5. The van der Waals surface area contributed by atoms with Crippen molar-refractivity contribution in [3.63, 3.8) is 0 Å². The molecule has 1 aliphatic carbocycles. The van der Waals surface area contributed by atoms with E-state index in [1.54, 1.807) is 25.2 Å². The Balaban J connectivity index is 1.30. The van der Waals surface area contributed by atoms with Gasteiger partial charge in [-0.1, -0.05) is 12.8 Å². The van der Waals surface area contributed by atoms with Gasteiger partial charge >= 0.3 is 0 Å². The van der Waals surface area contributed by atoms with Gasteiger partial charge in [0.15, 0.2) is 5.82 Å². The first-order valence-electron chi connectivity index (χ1n) is 16.8. The third-order valence-electron chi connectivity index (χ3n) is 10.3. The molecule has 2 amide bonds. The molecule has 2 aliphatic heterocycles. The number of fused-ring (bicyclic) bond motifs is 3. The lowest BCUT2D eigenvalue weighted by Crippen LogP contribution is -2.53. The first-order valence-corrected chi connectivity index (χ1v) is 16.8. The molecule has 250 valence electrons. The van der Waals surface area contributed by atoms with Crippen molar-refractivity contribution in [1.82, 2.24) is 29.3 Å². The van der Waals surface area contributed by atoms with Crippen LogP contribution in [0.3, 0.4) is 0 Å². The number of aromatic nitrogens is 4. The molecule has 1 saturated carbocycles. The fourth-order valence-corrected chi connectivity index (χ4v) is 7.49. The van der Waals surface area contributed by atoms with Crippen LogP contribution in [0, 0.1) is 17.7 Å². The van der Waals surface area contributed by atoms with Crippen LogP contribution < -0.4 is 11.1 Å². The van der Waals surface area contributed by atoms with Crippen molar-refractivity contribution in [3.05, 3.63) is 47.4 Å². The second kappa shape index (κ2) is 13.0. The summed E-state index contributed by atoms with van der Waals surface area (Å²) < 4.78 is 31.0. The Kier molecular flexibility index (Phi) is 8.75. The summed E-state index contributed by atoms with van der Waals surface area (Å²) in [5.41, 5.74) is 9.64. The number of piperidine rings is 1. The molecule has 0 radical (unpaired) electrons. The largest absolute Gasteiger partial charge is 0.383 e. The maximum atomic E-state index is 16.1. The molecule has 1 saturated heterocycles. The van der Waals surface area contributed by atoms with E-state index in [1.165, 1.54) is 6.07 Å². The average Bonchev–Trinajstić information content (AvgIpc) is 3.62. The maximum Gasteiger partial charge on any atom is 0.254 e. The van der Waals surface area contributed by atoms with Crippen molar-refractivity contribution in [2.45, 2.75) is 76.7 Å². The van der Waals surface area contributed by atoms with E-state index in [4.69, 9.17) is 25.2 Å². The lowest BCUT2D eigenvalue weighted by Gasteiger charge is -2.35. The Morgan fingerprint density at radius 3 is 2.74 bits per heavy atom. The highest BCUT2D eigenvalue weighted by Gasteiger charge is 2.42. The van der Waals surface area contributed by atoms with Gasteiger partial charge in [0.1, 0.15) is 17.0 Å². The van der Waals surface area contributed by atoms with Crippen molar-refractivity contribution in [1.29, 1.82) is 0 Å². The average molecular weight is 646 g/mol. The molecule has 5 atom stereocenters. The number of benzene rings is 1. The van der Waals surface area contributed by atoms with Gasteiger partial charge in [-0.05, 0) is 68.9 Å². The van der Waals surface area contributed by atoms with E-state index in [0.717, 1.165) is 61.1 Å². The van der Waals surface area contributed by atoms with Crippen LogP contribution in [-0.4, -0.2) is 81.9 Å². The number of hydrogen-bond acceptors (Lipinski definition) is 7. The van der Waals surface area contributed by atoms with E-state index in [-0.39, 0.29) is 41.5 Å². The van der Waals surface area contributed by atoms with Gasteiger partial charge in [-0.3, -0.25) is 9.59 Å². The highest BCUT2D eigenvalue weighted by molar-refractivity contribution is 5.98. The van der Waals surface area contributed by atoms with Crippen LogP contribution in [0.25, 0.3) is 33.6 Å². The summed E-state index contributed by atoms with van der Waals surface area (Å²) in [6.07, 6.45) is 5.58. The fraction of sp³-hybridized carbons (Fsp3) is 0.543. The van der Waals surface area contributed by atoms with Crippen molar-refractivity contribution in [2.75, 3.05) is 33.9 Å². The van der Waals surface area contributed by atoms with E-state index < -0.39 is 5.82 Å². The zero-order chi connectivity index (χ0) is 32.8. The van der Waals surface area contributed by atoms with Gasteiger partial charge in [-0.2, -0.15) is 0 Å². The summed E-state index contributed by atoms with van der Waals surface area (Å²) in [6, 6.07) is 8.50. The minimum absolute atomic E-state index is 0.112. The van der Waals surface area contributed by atoms with Gasteiger partial charge in [0.25, 0.3) is 5.91 Å². The first kappa shape index (κ1) is 31.7. The van der Waals surface area contributed by atoms with Gasteiger partial charge in [0.05, 0.1) is 35.7 Å².